The molecule has 0 saturated heterocycles. The van der Waals surface area contributed by atoms with Gasteiger partial charge in [-0.3, -0.25) is 10.1 Å². The fourth-order valence-corrected chi connectivity index (χ4v) is 1.36. The van der Waals surface area contributed by atoms with Crippen molar-refractivity contribution in [3.8, 4) is 0 Å². The van der Waals surface area contributed by atoms with E-state index in [1.54, 1.807) is 12.3 Å². The molecule has 2 rings (SSSR count). The van der Waals surface area contributed by atoms with Crippen LogP contribution in [0.3, 0.4) is 0 Å². The summed E-state index contributed by atoms with van der Waals surface area (Å²) in [5.41, 5.74) is 0.845. The molecule has 66 valence electrons. The summed E-state index contributed by atoms with van der Waals surface area (Å²) >= 11 is 0.272. The molecule has 6 heteroatoms. The lowest BCUT2D eigenvalue weighted by Crippen LogP contribution is -2.41. The first-order chi connectivity index (χ1) is 6.29. The van der Waals surface area contributed by atoms with Crippen LogP contribution in [0.15, 0.2) is 28.9 Å². The van der Waals surface area contributed by atoms with Crippen LogP contribution in [0.1, 0.15) is 0 Å². The van der Waals surface area contributed by atoms with E-state index in [1.807, 2.05) is 0 Å². The number of amides is 1. The maximum Gasteiger partial charge on any atom is 0.548 e. The normalized spacial score (nSPS) is 24.9. The van der Waals surface area contributed by atoms with Gasteiger partial charge in [-0.1, -0.05) is 0 Å². The second-order valence-electron chi connectivity index (χ2n) is 2.55. The number of aliphatic imine (C=N–C) groups is 1. The van der Waals surface area contributed by atoms with Gasteiger partial charge in [-0.15, -0.1) is 0 Å². The lowest BCUT2D eigenvalue weighted by Gasteiger charge is -2.19. The van der Waals surface area contributed by atoms with Crippen molar-refractivity contribution in [2.45, 2.75) is 6.17 Å². The summed E-state index contributed by atoms with van der Waals surface area (Å²) < 4.78 is 10.4. The van der Waals surface area contributed by atoms with Crippen LogP contribution >= 0.6 is 0 Å². The number of rotatable bonds is 0. The Bertz CT molecular complexity index is 359. The van der Waals surface area contributed by atoms with Gasteiger partial charge in [0.25, 0.3) is 0 Å². The molecule has 0 aliphatic carbocycles. The average Bonchev–Trinajstić information content (AvgIpc) is 2.16. The third-order valence-corrected chi connectivity index (χ3v) is 2.09. The Morgan fingerprint density at radius 2 is 2.31 bits per heavy atom. The van der Waals surface area contributed by atoms with Crippen molar-refractivity contribution in [2.24, 2.45) is 4.99 Å². The van der Waals surface area contributed by atoms with E-state index in [2.05, 4.69) is 15.6 Å². The fraction of sp³-hybridized carbons (Fsp3) is 0.143. The highest BCUT2D eigenvalue weighted by atomic mass is 32.1. The van der Waals surface area contributed by atoms with Gasteiger partial charge >= 0.3 is 16.8 Å². The summed E-state index contributed by atoms with van der Waals surface area (Å²) in [4.78, 5) is 14.9. The molecule has 0 aromatic carbocycles. The number of hydrogen-bond acceptors (Lipinski definition) is 4. The highest BCUT2D eigenvalue weighted by Gasteiger charge is 2.26. The average molecular weight is 196 g/mol. The van der Waals surface area contributed by atoms with Gasteiger partial charge in [-0.2, -0.15) is 4.99 Å². The Morgan fingerprint density at radius 1 is 1.46 bits per heavy atom. The maximum atomic E-state index is 10.9. The number of carbonyl (C=O) groups is 1. The Labute approximate surface area is 78.1 Å². The lowest BCUT2D eigenvalue weighted by molar-refractivity contribution is -0.117. The molecule has 0 radical (unpaired) electrons. The number of nitrogens with one attached hydrogen (secondary N) is 2. The molecular formula is C7H6N3O2S+. The van der Waals surface area contributed by atoms with Crippen molar-refractivity contribution >= 4 is 22.7 Å². The molecule has 5 nitrogen and oxygen atoms in total. The quantitative estimate of drug-likeness (QED) is 0.502. The van der Waals surface area contributed by atoms with Crippen molar-refractivity contribution in [1.82, 2.24) is 10.6 Å². The van der Waals surface area contributed by atoms with Crippen molar-refractivity contribution < 1.29 is 9.00 Å². The van der Waals surface area contributed by atoms with Crippen LogP contribution in [0.5, 0.6) is 0 Å². The SMILES string of the molecule is O=[S+]C1=NC2NC(=O)C=CC2=CN1. The van der Waals surface area contributed by atoms with Crippen LogP contribution < -0.4 is 10.6 Å². The van der Waals surface area contributed by atoms with E-state index >= 15 is 0 Å². The number of fused-ring (bicyclic) bond motifs is 1. The van der Waals surface area contributed by atoms with Crippen molar-refractivity contribution in [3.63, 3.8) is 0 Å². The second kappa shape index (κ2) is 3.06. The smallest absolute Gasteiger partial charge is 0.327 e. The summed E-state index contributed by atoms with van der Waals surface area (Å²) in [7, 11) is 0. The molecule has 0 aromatic heterocycles. The standard InChI is InChI=1S/C7H5N3O2S/c11-5-2-1-4-3-8-7(13-12)10-6(4)9-5/h1-3,6H,(H-,8,9,10,11)/p+1. The van der Waals surface area contributed by atoms with Gasteiger partial charge in [0, 0.05) is 22.1 Å². The predicted molar refractivity (Wildman–Crippen MR) is 47.8 cm³/mol. The highest BCUT2D eigenvalue weighted by Crippen LogP contribution is 2.12. The molecule has 2 aliphatic rings. The van der Waals surface area contributed by atoms with E-state index in [1.165, 1.54) is 6.08 Å². The van der Waals surface area contributed by atoms with Gasteiger partial charge in [0.1, 0.15) is 0 Å². The molecule has 1 unspecified atom stereocenters. The van der Waals surface area contributed by atoms with E-state index in [4.69, 9.17) is 0 Å². The molecule has 2 aliphatic heterocycles. The van der Waals surface area contributed by atoms with Crippen LogP contribution in [0.2, 0.25) is 0 Å². The fourth-order valence-electron chi connectivity index (χ4n) is 1.11. The van der Waals surface area contributed by atoms with Gasteiger partial charge < -0.3 is 5.32 Å². The van der Waals surface area contributed by atoms with E-state index in [0.717, 1.165) is 5.57 Å². The van der Waals surface area contributed by atoms with Crippen molar-refractivity contribution in [2.75, 3.05) is 0 Å². The molecule has 13 heavy (non-hydrogen) atoms. The largest absolute Gasteiger partial charge is 0.548 e. The summed E-state index contributed by atoms with van der Waals surface area (Å²) in [6.45, 7) is 0. The Hall–Kier alpha value is -1.56. The molecule has 0 aromatic rings. The first-order valence-corrected chi connectivity index (χ1v) is 4.36. The van der Waals surface area contributed by atoms with Gasteiger partial charge in [0.2, 0.25) is 5.91 Å². The Balaban J connectivity index is 2.29. The molecule has 1 atom stereocenters. The number of hydrogen-bond donors (Lipinski definition) is 2. The minimum Gasteiger partial charge on any atom is -0.327 e. The van der Waals surface area contributed by atoms with Crippen LogP contribution in [0.4, 0.5) is 0 Å². The number of nitrogens with zero attached hydrogens (tertiary/aromatic N) is 1. The number of carbonyl (C=O) groups excluding carboxylic acids is 1. The molecule has 0 spiro atoms. The minimum absolute atomic E-state index is 0.192. The minimum atomic E-state index is -0.407. The number of amidine groups is 1. The molecule has 1 amide bonds. The van der Waals surface area contributed by atoms with Crippen LogP contribution in [-0.2, 0) is 20.7 Å². The predicted octanol–water partition coefficient (Wildman–Crippen LogP) is -0.730. The van der Waals surface area contributed by atoms with Gasteiger partial charge in [0.05, 0.1) is 0 Å². The molecule has 2 heterocycles. The first-order valence-electron chi connectivity index (χ1n) is 3.62. The summed E-state index contributed by atoms with van der Waals surface area (Å²) in [5.74, 6) is -0.192. The van der Waals surface area contributed by atoms with E-state index in [9.17, 15) is 9.00 Å². The van der Waals surface area contributed by atoms with Gasteiger partial charge in [-0.05, 0) is 6.08 Å². The van der Waals surface area contributed by atoms with Crippen LogP contribution in [0, 0.1) is 0 Å². The van der Waals surface area contributed by atoms with E-state index < -0.39 is 6.17 Å². The monoisotopic (exact) mass is 196 g/mol. The van der Waals surface area contributed by atoms with Gasteiger partial charge in [-0.25, -0.2) is 0 Å². The topological polar surface area (TPSA) is 70.6 Å². The third-order valence-electron chi connectivity index (χ3n) is 1.71. The van der Waals surface area contributed by atoms with Gasteiger partial charge in [0.15, 0.2) is 6.17 Å². The summed E-state index contributed by atoms with van der Waals surface area (Å²) in [5, 5.41) is 5.60. The van der Waals surface area contributed by atoms with Crippen molar-refractivity contribution in [3.05, 3.63) is 23.9 Å². The zero-order valence-corrected chi connectivity index (χ0v) is 7.30. The highest BCUT2D eigenvalue weighted by molar-refractivity contribution is 7.83. The maximum absolute atomic E-state index is 10.9. The van der Waals surface area contributed by atoms with Crippen LogP contribution in [-0.4, -0.2) is 17.2 Å². The molecule has 0 fully saturated rings. The summed E-state index contributed by atoms with van der Waals surface area (Å²) in [6.07, 6.45) is 4.35. The first kappa shape index (κ1) is 8.06. The molecular weight excluding hydrogens is 190 g/mol. The molecule has 2 N–H and O–H groups in total. The van der Waals surface area contributed by atoms with E-state index in [-0.39, 0.29) is 22.7 Å². The lowest BCUT2D eigenvalue weighted by atomic mass is 10.1. The zero-order valence-electron chi connectivity index (χ0n) is 6.48. The van der Waals surface area contributed by atoms with Crippen molar-refractivity contribution in [1.29, 1.82) is 0 Å². The molecule has 0 bridgehead atoms. The molecule has 0 saturated carbocycles. The Kier molecular flexibility index (Phi) is 1.90. The van der Waals surface area contributed by atoms with E-state index in [0.29, 0.717) is 0 Å². The zero-order chi connectivity index (χ0) is 9.26. The Morgan fingerprint density at radius 3 is 3.08 bits per heavy atom. The second-order valence-corrected chi connectivity index (χ2v) is 3.10. The summed E-state index contributed by atoms with van der Waals surface area (Å²) in [6, 6.07) is 0. The third kappa shape index (κ3) is 1.48. The van der Waals surface area contributed by atoms with Crippen LogP contribution in [0.25, 0.3) is 0 Å².